The molecule has 0 aromatic carbocycles. The third-order valence-electron chi connectivity index (χ3n) is 2.36. The van der Waals surface area contributed by atoms with Crippen molar-refractivity contribution in [1.29, 1.82) is 0 Å². The lowest BCUT2D eigenvalue weighted by Crippen LogP contribution is -1.87. The normalized spacial score (nSPS) is 9.75. The van der Waals surface area contributed by atoms with Gasteiger partial charge in [0.15, 0.2) is 22.9 Å². The SMILES string of the molecule is CCCCc1nc(Cl)c(C=O)[nH]1.O=Cc1[nH]cnc1Cl. The molecule has 2 aromatic rings. The van der Waals surface area contributed by atoms with Gasteiger partial charge in [-0.05, 0) is 6.42 Å². The standard InChI is InChI=1S/C8H11ClN2O.C4H3ClN2O/c1-2-3-4-7-10-6(5-12)8(9)11-7;5-4-3(1-8)6-2-7-4/h5H,2-4H2,1H3,(H,10,11);1-2H,(H,6,7). The Morgan fingerprint density at radius 1 is 1.20 bits per heavy atom. The van der Waals surface area contributed by atoms with Gasteiger partial charge in [-0.15, -0.1) is 0 Å². The Labute approximate surface area is 125 Å². The van der Waals surface area contributed by atoms with E-state index < -0.39 is 0 Å². The van der Waals surface area contributed by atoms with Crippen molar-refractivity contribution in [1.82, 2.24) is 19.9 Å². The molecule has 0 saturated carbocycles. The van der Waals surface area contributed by atoms with Gasteiger partial charge in [0.05, 0.1) is 6.33 Å². The maximum Gasteiger partial charge on any atom is 0.169 e. The fraction of sp³-hybridized carbons (Fsp3) is 0.333. The minimum Gasteiger partial charge on any atom is -0.341 e. The Morgan fingerprint density at radius 3 is 2.30 bits per heavy atom. The molecule has 0 radical (unpaired) electrons. The van der Waals surface area contributed by atoms with E-state index in [9.17, 15) is 9.59 Å². The van der Waals surface area contributed by atoms with Crippen molar-refractivity contribution in [3.63, 3.8) is 0 Å². The molecule has 0 aliphatic heterocycles. The average molecular weight is 317 g/mol. The Balaban J connectivity index is 0.000000217. The number of aryl methyl sites for hydroxylation is 1. The van der Waals surface area contributed by atoms with Crippen molar-refractivity contribution < 1.29 is 9.59 Å². The zero-order valence-electron chi connectivity index (χ0n) is 10.8. The summed E-state index contributed by atoms with van der Waals surface area (Å²) >= 11 is 11.0. The molecule has 0 unspecified atom stereocenters. The van der Waals surface area contributed by atoms with Gasteiger partial charge in [-0.25, -0.2) is 9.97 Å². The molecule has 108 valence electrons. The molecule has 20 heavy (non-hydrogen) atoms. The van der Waals surface area contributed by atoms with Gasteiger partial charge in [-0.1, -0.05) is 36.5 Å². The number of nitrogens with one attached hydrogen (secondary N) is 2. The first-order valence-corrected chi connectivity index (χ1v) is 6.71. The number of aromatic nitrogens is 4. The number of hydrogen-bond acceptors (Lipinski definition) is 4. The van der Waals surface area contributed by atoms with Crippen molar-refractivity contribution in [2.45, 2.75) is 26.2 Å². The second kappa shape index (κ2) is 8.50. The summed E-state index contributed by atoms with van der Waals surface area (Å²) in [5, 5.41) is 0.496. The van der Waals surface area contributed by atoms with Crippen LogP contribution in [0.25, 0.3) is 0 Å². The number of nitrogens with zero attached hydrogens (tertiary/aromatic N) is 2. The number of halogens is 2. The number of H-pyrrole nitrogens is 2. The Hall–Kier alpha value is -1.66. The molecule has 0 amide bonds. The topological polar surface area (TPSA) is 91.5 Å². The summed E-state index contributed by atoms with van der Waals surface area (Å²) in [6.07, 6.45) is 5.69. The number of carbonyl (C=O) groups is 2. The highest BCUT2D eigenvalue weighted by molar-refractivity contribution is 6.31. The number of rotatable bonds is 5. The first kappa shape index (κ1) is 16.4. The third-order valence-corrected chi connectivity index (χ3v) is 2.95. The van der Waals surface area contributed by atoms with E-state index in [-0.39, 0.29) is 10.3 Å². The molecular weight excluding hydrogens is 303 g/mol. The van der Waals surface area contributed by atoms with Crippen LogP contribution in [-0.2, 0) is 6.42 Å². The molecule has 8 heteroatoms. The molecule has 6 nitrogen and oxygen atoms in total. The van der Waals surface area contributed by atoms with Gasteiger partial charge in [0, 0.05) is 6.42 Å². The van der Waals surface area contributed by atoms with Crippen LogP contribution in [0.1, 0.15) is 46.6 Å². The molecule has 0 saturated heterocycles. The lowest BCUT2D eigenvalue weighted by Gasteiger charge is -1.90. The molecule has 2 heterocycles. The minimum atomic E-state index is 0.222. The fourth-order valence-corrected chi connectivity index (χ4v) is 1.67. The molecule has 0 aliphatic rings. The lowest BCUT2D eigenvalue weighted by molar-refractivity contribution is 0.111. The Kier molecular flexibility index (Phi) is 6.97. The number of imidazole rings is 2. The molecule has 0 bridgehead atoms. The molecule has 0 fully saturated rings. The first-order valence-electron chi connectivity index (χ1n) is 5.96. The van der Waals surface area contributed by atoms with E-state index >= 15 is 0 Å². The van der Waals surface area contributed by atoms with E-state index in [4.69, 9.17) is 23.2 Å². The highest BCUT2D eigenvalue weighted by atomic mass is 35.5. The van der Waals surface area contributed by atoms with Crippen LogP contribution in [0.2, 0.25) is 10.3 Å². The molecule has 2 rings (SSSR count). The molecule has 2 aromatic heterocycles. The van der Waals surface area contributed by atoms with Crippen molar-refractivity contribution in [3.8, 4) is 0 Å². The summed E-state index contributed by atoms with van der Waals surface area (Å²) in [7, 11) is 0. The summed E-state index contributed by atoms with van der Waals surface area (Å²) < 4.78 is 0. The van der Waals surface area contributed by atoms with Crippen LogP contribution < -0.4 is 0 Å². The lowest BCUT2D eigenvalue weighted by atomic mass is 10.2. The van der Waals surface area contributed by atoms with Crippen molar-refractivity contribution in [3.05, 3.63) is 33.8 Å². The van der Waals surface area contributed by atoms with Crippen molar-refractivity contribution in [2.24, 2.45) is 0 Å². The Morgan fingerprint density at radius 2 is 1.90 bits per heavy atom. The summed E-state index contributed by atoms with van der Waals surface area (Å²) in [6.45, 7) is 2.10. The zero-order chi connectivity index (χ0) is 15.0. The highest BCUT2D eigenvalue weighted by Crippen LogP contribution is 2.11. The molecular formula is C12H14Cl2N4O2. The van der Waals surface area contributed by atoms with Gasteiger partial charge >= 0.3 is 0 Å². The van der Waals surface area contributed by atoms with E-state index in [0.29, 0.717) is 24.0 Å². The van der Waals surface area contributed by atoms with Crippen LogP contribution in [0.4, 0.5) is 0 Å². The molecule has 0 spiro atoms. The van der Waals surface area contributed by atoms with Gasteiger partial charge in [-0.3, -0.25) is 9.59 Å². The fourth-order valence-electron chi connectivity index (χ4n) is 1.32. The largest absolute Gasteiger partial charge is 0.341 e. The number of carbonyl (C=O) groups excluding carboxylic acids is 2. The van der Waals surface area contributed by atoms with Crippen LogP contribution in [0.3, 0.4) is 0 Å². The van der Waals surface area contributed by atoms with E-state index in [0.717, 1.165) is 25.1 Å². The monoisotopic (exact) mass is 316 g/mol. The second-order valence-electron chi connectivity index (χ2n) is 3.83. The van der Waals surface area contributed by atoms with Gasteiger partial charge in [0.1, 0.15) is 17.2 Å². The molecule has 0 atom stereocenters. The van der Waals surface area contributed by atoms with Crippen LogP contribution in [0, 0.1) is 0 Å². The second-order valence-corrected chi connectivity index (χ2v) is 4.55. The summed E-state index contributed by atoms with van der Waals surface area (Å²) in [5.41, 5.74) is 0.703. The Bertz CT molecular complexity index is 566. The van der Waals surface area contributed by atoms with Crippen LogP contribution in [0.5, 0.6) is 0 Å². The summed E-state index contributed by atoms with van der Waals surface area (Å²) in [6, 6.07) is 0. The quantitative estimate of drug-likeness (QED) is 0.829. The average Bonchev–Trinajstić information content (AvgIpc) is 3.02. The zero-order valence-corrected chi connectivity index (χ0v) is 12.3. The number of unbranched alkanes of at least 4 members (excludes halogenated alkanes) is 1. The molecule has 2 N–H and O–H groups in total. The minimum absolute atomic E-state index is 0.222. The summed E-state index contributed by atoms with van der Waals surface area (Å²) in [5.74, 6) is 0.795. The van der Waals surface area contributed by atoms with Crippen molar-refractivity contribution in [2.75, 3.05) is 0 Å². The number of aromatic amines is 2. The van der Waals surface area contributed by atoms with Crippen LogP contribution in [-0.4, -0.2) is 32.5 Å². The maximum atomic E-state index is 10.4. The molecule has 0 aliphatic carbocycles. The summed E-state index contributed by atoms with van der Waals surface area (Å²) in [4.78, 5) is 33.3. The van der Waals surface area contributed by atoms with Gasteiger partial charge < -0.3 is 9.97 Å². The van der Waals surface area contributed by atoms with Crippen molar-refractivity contribution >= 4 is 35.8 Å². The maximum absolute atomic E-state index is 10.4. The number of aldehydes is 2. The predicted octanol–water partition coefficient (Wildman–Crippen LogP) is 3.09. The van der Waals surface area contributed by atoms with Gasteiger partial charge in [-0.2, -0.15) is 0 Å². The van der Waals surface area contributed by atoms with Gasteiger partial charge in [0.2, 0.25) is 0 Å². The first-order chi connectivity index (χ1) is 9.62. The number of hydrogen-bond donors (Lipinski definition) is 2. The van der Waals surface area contributed by atoms with E-state index in [2.05, 4.69) is 26.9 Å². The van der Waals surface area contributed by atoms with E-state index in [1.165, 1.54) is 6.33 Å². The smallest absolute Gasteiger partial charge is 0.169 e. The van der Waals surface area contributed by atoms with Gasteiger partial charge in [0.25, 0.3) is 0 Å². The van der Waals surface area contributed by atoms with E-state index in [1.807, 2.05) is 0 Å². The highest BCUT2D eigenvalue weighted by Gasteiger charge is 2.05. The van der Waals surface area contributed by atoms with Crippen LogP contribution >= 0.6 is 23.2 Å². The van der Waals surface area contributed by atoms with Crippen LogP contribution in [0.15, 0.2) is 6.33 Å². The predicted molar refractivity (Wildman–Crippen MR) is 76.6 cm³/mol. The van der Waals surface area contributed by atoms with E-state index in [1.54, 1.807) is 0 Å². The third kappa shape index (κ3) is 4.79.